The van der Waals surface area contributed by atoms with Crippen molar-refractivity contribution < 1.29 is 14.1 Å². The van der Waals surface area contributed by atoms with E-state index < -0.39 is 5.91 Å². The van der Waals surface area contributed by atoms with Crippen molar-refractivity contribution in [3.05, 3.63) is 47.1 Å². The van der Waals surface area contributed by atoms with Crippen molar-refractivity contribution in [2.45, 2.75) is 19.9 Å². The van der Waals surface area contributed by atoms with Crippen molar-refractivity contribution in [3.8, 4) is 17.1 Å². The van der Waals surface area contributed by atoms with Gasteiger partial charge in [-0.25, -0.2) is 0 Å². The molecule has 1 unspecified atom stereocenters. The maximum atomic E-state index is 10.7. The van der Waals surface area contributed by atoms with Crippen molar-refractivity contribution in [2.24, 2.45) is 5.73 Å². The van der Waals surface area contributed by atoms with Crippen molar-refractivity contribution in [1.82, 2.24) is 19.9 Å². The third-order valence-electron chi connectivity index (χ3n) is 3.55. The Labute approximate surface area is 148 Å². The van der Waals surface area contributed by atoms with Crippen LogP contribution >= 0.6 is 11.6 Å². The molecule has 2 heterocycles. The molecule has 1 amide bonds. The molecule has 1 aromatic carbocycles. The Hall–Kier alpha value is -2.87. The van der Waals surface area contributed by atoms with Gasteiger partial charge in [0.25, 0.3) is 11.8 Å². The lowest BCUT2D eigenvalue weighted by atomic mass is 10.2. The van der Waals surface area contributed by atoms with Gasteiger partial charge in [-0.2, -0.15) is 10.1 Å². The molecule has 2 aromatic heterocycles. The molecule has 2 N–H and O–H groups in total. The van der Waals surface area contributed by atoms with E-state index in [0.717, 1.165) is 11.3 Å². The van der Waals surface area contributed by atoms with Gasteiger partial charge in [0.1, 0.15) is 11.8 Å². The van der Waals surface area contributed by atoms with Gasteiger partial charge >= 0.3 is 0 Å². The Bertz CT molecular complexity index is 868. The summed E-state index contributed by atoms with van der Waals surface area (Å²) in [7, 11) is 0. The maximum Gasteiger partial charge on any atom is 0.255 e. The molecule has 9 heteroatoms. The molecule has 0 bridgehead atoms. The summed E-state index contributed by atoms with van der Waals surface area (Å²) in [5.41, 5.74) is 6.53. The third kappa shape index (κ3) is 3.80. The molecule has 0 aliphatic heterocycles. The summed E-state index contributed by atoms with van der Waals surface area (Å²) in [6, 6.07) is 6.70. The number of nitrogens with two attached hydrogens (primary N) is 1. The highest BCUT2D eigenvalue weighted by Crippen LogP contribution is 2.24. The number of rotatable bonds is 6. The van der Waals surface area contributed by atoms with Gasteiger partial charge in [0.15, 0.2) is 6.61 Å². The second-order valence-corrected chi connectivity index (χ2v) is 5.86. The van der Waals surface area contributed by atoms with E-state index in [9.17, 15) is 4.79 Å². The van der Waals surface area contributed by atoms with Crippen LogP contribution in [0.4, 0.5) is 0 Å². The van der Waals surface area contributed by atoms with Gasteiger partial charge in [-0.05, 0) is 38.1 Å². The average Bonchev–Trinajstić information content (AvgIpc) is 3.20. The number of primary amides is 1. The molecular weight excluding hydrogens is 346 g/mol. The predicted octanol–water partition coefficient (Wildman–Crippen LogP) is 2.37. The van der Waals surface area contributed by atoms with Crippen molar-refractivity contribution >= 4 is 17.5 Å². The van der Waals surface area contributed by atoms with E-state index in [1.54, 1.807) is 35.1 Å². The smallest absolute Gasteiger partial charge is 0.255 e. The Morgan fingerprint density at radius 3 is 2.72 bits per heavy atom. The first-order chi connectivity index (χ1) is 11.9. The quantitative estimate of drug-likeness (QED) is 0.721. The van der Waals surface area contributed by atoms with Gasteiger partial charge in [-0.1, -0.05) is 16.8 Å². The summed E-state index contributed by atoms with van der Waals surface area (Å²) < 4.78 is 12.2. The lowest BCUT2D eigenvalue weighted by Gasteiger charge is -2.06. The molecule has 0 aliphatic carbocycles. The molecular formula is C16H16ClN5O3. The topological polar surface area (TPSA) is 109 Å². The monoisotopic (exact) mass is 361 g/mol. The first-order valence-corrected chi connectivity index (χ1v) is 7.88. The highest BCUT2D eigenvalue weighted by atomic mass is 35.5. The predicted molar refractivity (Wildman–Crippen MR) is 90.2 cm³/mol. The normalized spacial score (nSPS) is 12.1. The fourth-order valence-electron chi connectivity index (χ4n) is 2.15. The van der Waals surface area contributed by atoms with E-state index in [1.165, 1.54) is 0 Å². The zero-order chi connectivity index (χ0) is 18.0. The Morgan fingerprint density at radius 1 is 1.40 bits per heavy atom. The Balaban J connectivity index is 1.75. The Kier molecular flexibility index (Phi) is 4.71. The molecule has 1 atom stereocenters. The number of ether oxygens (including phenoxy) is 1. The number of amides is 1. The van der Waals surface area contributed by atoms with E-state index in [4.69, 9.17) is 26.6 Å². The number of hydrogen-bond acceptors (Lipinski definition) is 6. The highest BCUT2D eigenvalue weighted by molar-refractivity contribution is 6.31. The Morgan fingerprint density at radius 2 is 2.12 bits per heavy atom. The molecule has 0 saturated heterocycles. The summed E-state index contributed by atoms with van der Waals surface area (Å²) in [6.07, 6.45) is 1.72. The first-order valence-electron chi connectivity index (χ1n) is 7.50. The van der Waals surface area contributed by atoms with E-state index in [0.29, 0.717) is 22.5 Å². The van der Waals surface area contributed by atoms with Gasteiger partial charge in [0.05, 0.1) is 10.7 Å². The minimum atomic E-state index is -0.533. The lowest BCUT2D eigenvalue weighted by molar-refractivity contribution is -0.119. The second kappa shape index (κ2) is 6.94. The van der Waals surface area contributed by atoms with Crippen molar-refractivity contribution in [2.75, 3.05) is 6.61 Å². The van der Waals surface area contributed by atoms with Crippen LogP contribution in [0.3, 0.4) is 0 Å². The highest BCUT2D eigenvalue weighted by Gasteiger charge is 2.18. The molecule has 3 aromatic rings. The fourth-order valence-corrected chi connectivity index (χ4v) is 2.29. The number of carbonyl (C=O) groups is 1. The van der Waals surface area contributed by atoms with Gasteiger partial charge in [-0.3, -0.25) is 9.48 Å². The summed E-state index contributed by atoms with van der Waals surface area (Å²) >= 11 is 6.03. The maximum absolute atomic E-state index is 10.7. The van der Waals surface area contributed by atoms with Crippen LogP contribution in [0.15, 0.2) is 35.0 Å². The third-order valence-corrected chi connectivity index (χ3v) is 3.92. The molecule has 0 spiro atoms. The summed E-state index contributed by atoms with van der Waals surface area (Å²) in [5.74, 6) is 0.859. The molecule has 8 nitrogen and oxygen atoms in total. The van der Waals surface area contributed by atoms with E-state index in [2.05, 4.69) is 15.2 Å². The molecule has 0 fully saturated rings. The number of hydrogen-bond donors (Lipinski definition) is 1. The van der Waals surface area contributed by atoms with Crippen LogP contribution in [0.2, 0.25) is 5.02 Å². The molecule has 25 heavy (non-hydrogen) atoms. The minimum Gasteiger partial charge on any atom is -0.484 e. The largest absolute Gasteiger partial charge is 0.484 e. The molecule has 0 radical (unpaired) electrons. The van der Waals surface area contributed by atoms with Crippen LogP contribution in [0.25, 0.3) is 11.4 Å². The van der Waals surface area contributed by atoms with Gasteiger partial charge < -0.3 is 15.0 Å². The minimum absolute atomic E-state index is 0.172. The molecule has 0 aliphatic rings. The van der Waals surface area contributed by atoms with Gasteiger partial charge in [-0.15, -0.1) is 0 Å². The van der Waals surface area contributed by atoms with Crippen LogP contribution in [-0.4, -0.2) is 32.4 Å². The number of benzene rings is 1. The number of halogens is 1. The van der Waals surface area contributed by atoms with Crippen LogP contribution in [0, 0.1) is 6.92 Å². The van der Waals surface area contributed by atoms with Gasteiger partial charge in [0, 0.05) is 11.8 Å². The average molecular weight is 362 g/mol. The fraction of sp³-hybridized carbons (Fsp3) is 0.250. The van der Waals surface area contributed by atoms with Crippen LogP contribution < -0.4 is 10.5 Å². The van der Waals surface area contributed by atoms with Crippen LogP contribution in [-0.2, 0) is 4.79 Å². The lowest BCUT2D eigenvalue weighted by Crippen LogP contribution is -2.19. The number of aryl methyl sites for hydroxylation is 1. The zero-order valence-corrected chi connectivity index (χ0v) is 14.4. The zero-order valence-electron chi connectivity index (χ0n) is 13.6. The summed E-state index contributed by atoms with van der Waals surface area (Å²) in [6.45, 7) is 3.54. The number of aromatic nitrogens is 4. The number of nitrogens with zero attached hydrogens (tertiary/aromatic N) is 4. The second-order valence-electron chi connectivity index (χ2n) is 5.45. The summed E-state index contributed by atoms with van der Waals surface area (Å²) in [4.78, 5) is 15.1. The summed E-state index contributed by atoms with van der Waals surface area (Å²) in [5, 5.41) is 8.89. The van der Waals surface area contributed by atoms with Crippen molar-refractivity contribution in [3.63, 3.8) is 0 Å². The molecule has 130 valence electrons. The van der Waals surface area contributed by atoms with Crippen molar-refractivity contribution in [1.29, 1.82) is 0 Å². The first kappa shape index (κ1) is 17.0. The van der Waals surface area contributed by atoms with E-state index >= 15 is 0 Å². The SMILES string of the molecule is Cc1nn(C(C)c2nc(-c3ccc(OCC(N)=O)cc3)no2)cc1Cl. The molecule has 3 rings (SSSR count). The number of carbonyl (C=O) groups excluding carboxylic acids is 1. The van der Waals surface area contributed by atoms with E-state index in [-0.39, 0.29) is 12.6 Å². The molecule has 0 saturated carbocycles. The van der Waals surface area contributed by atoms with E-state index in [1.807, 2.05) is 13.8 Å². The van der Waals surface area contributed by atoms with Gasteiger partial charge in [0.2, 0.25) is 5.82 Å². The van der Waals surface area contributed by atoms with Crippen LogP contribution in [0.5, 0.6) is 5.75 Å². The standard InChI is InChI=1S/C16H16ClN5O3/c1-9-13(17)7-22(20-9)10(2)16-19-15(21-25-16)11-3-5-12(6-4-11)24-8-14(18)23/h3-7,10H,8H2,1-2H3,(H2,18,23). The van der Waals surface area contributed by atoms with Crippen LogP contribution in [0.1, 0.15) is 24.6 Å².